The van der Waals surface area contributed by atoms with Gasteiger partial charge in [0.25, 0.3) is 5.91 Å². The van der Waals surface area contributed by atoms with Crippen LogP contribution in [0.1, 0.15) is 42.6 Å². The van der Waals surface area contributed by atoms with Crippen LogP contribution in [0.2, 0.25) is 5.02 Å². The summed E-state index contributed by atoms with van der Waals surface area (Å²) in [6.45, 7) is 7.09. The van der Waals surface area contributed by atoms with Crippen molar-refractivity contribution in [3.05, 3.63) is 62.0 Å². The molecule has 2 aromatic rings. The van der Waals surface area contributed by atoms with Crippen LogP contribution in [0.15, 0.2) is 35.7 Å². The molecule has 1 aliphatic heterocycles. The number of hydrogen-bond acceptors (Lipinski definition) is 6. The minimum absolute atomic E-state index is 0.104. The lowest BCUT2D eigenvalue weighted by molar-refractivity contribution is -0.380. The highest BCUT2D eigenvalue weighted by atomic mass is 35.5. The summed E-state index contributed by atoms with van der Waals surface area (Å²) in [6, 6.07) is 8.42. The highest BCUT2D eigenvalue weighted by Gasteiger charge is 2.27. The molecule has 1 saturated heterocycles. The van der Waals surface area contributed by atoms with E-state index in [0.29, 0.717) is 12.5 Å². The zero-order valence-electron chi connectivity index (χ0n) is 18.8. The molecule has 0 spiro atoms. The number of benzene rings is 1. The second-order valence-electron chi connectivity index (χ2n) is 8.72. The lowest BCUT2D eigenvalue weighted by Crippen LogP contribution is -2.51. The van der Waals surface area contributed by atoms with Gasteiger partial charge in [-0.1, -0.05) is 48.9 Å². The first-order chi connectivity index (χ1) is 15.7. The van der Waals surface area contributed by atoms with Crippen LogP contribution >= 0.6 is 22.9 Å². The predicted octanol–water partition coefficient (Wildman–Crippen LogP) is 4.09. The second-order valence-corrected chi connectivity index (χ2v) is 10.0. The Morgan fingerprint density at radius 2 is 1.91 bits per heavy atom. The first kappa shape index (κ1) is 25.1. The molecular formula is C23H29ClN4O4S. The third kappa shape index (κ3) is 7.25. The number of amides is 2. The van der Waals surface area contributed by atoms with Gasteiger partial charge in [0.15, 0.2) is 0 Å². The van der Waals surface area contributed by atoms with Crippen LogP contribution in [0.25, 0.3) is 0 Å². The number of nitrogens with zero attached hydrogens (tertiary/aromatic N) is 2. The average molecular weight is 493 g/mol. The van der Waals surface area contributed by atoms with E-state index in [0.717, 1.165) is 48.8 Å². The standard InChI is InChI=1S/C23H29ClN4O4S/c1-15(2)21(26-22(29)18-11-20(28(31)32)33-14-18)23(30)25-12-16-7-9-27(10-8-16)13-17-3-5-19(24)6-4-17/h3-6,11,14-16,21H,7-10,12-13H2,1-2H3,(H,25,30)(H,26,29). The Morgan fingerprint density at radius 1 is 1.24 bits per heavy atom. The van der Waals surface area contributed by atoms with E-state index in [9.17, 15) is 19.7 Å². The smallest absolute Gasteiger partial charge is 0.324 e. The highest BCUT2D eigenvalue weighted by molar-refractivity contribution is 7.13. The fourth-order valence-corrected chi connectivity index (χ4v) is 4.68. The minimum atomic E-state index is -0.707. The molecule has 0 saturated carbocycles. The van der Waals surface area contributed by atoms with Gasteiger partial charge in [-0.05, 0) is 55.5 Å². The Bertz CT molecular complexity index is 971. The third-order valence-electron chi connectivity index (χ3n) is 5.86. The maximum absolute atomic E-state index is 12.8. The number of nitro groups is 1. The summed E-state index contributed by atoms with van der Waals surface area (Å²) < 4.78 is 0. The number of halogens is 1. The molecule has 1 aromatic heterocycles. The van der Waals surface area contributed by atoms with Crippen molar-refractivity contribution in [3.63, 3.8) is 0 Å². The van der Waals surface area contributed by atoms with E-state index in [1.807, 2.05) is 38.1 Å². The van der Waals surface area contributed by atoms with E-state index in [1.54, 1.807) is 0 Å². The van der Waals surface area contributed by atoms with Crippen molar-refractivity contribution in [3.8, 4) is 0 Å². The second kappa shape index (κ2) is 11.6. The molecule has 1 unspecified atom stereocenters. The Kier molecular flexibility index (Phi) is 8.82. The molecule has 1 atom stereocenters. The third-order valence-corrected chi connectivity index (χ3v) is 6.99. The number of nitrogens with one attached hydrogen (secondary N) is 2. The summed E-state index contributed by atoms with van der Waals surface area (Å²) in [7, 11) is 0. The molecule has 2 heterocycles. The van der Waals surface area contributed by atoms with Crippen LogP contribution in [0, 0.1) is 22.0 Å². The Hall–Kier alpha value is -2.49. The molecule has 1 aromatic carbocycles. The van der Waals surface area contributed by atoms with Gasteiger partial charge in [0, 0.05) is 29.6 Å². The number of piperidine rings is 1. The molecule has 3 rings (SSSR count). The van der Waals surface area contributed by atoms with E-state index in [4.69, 9.17) is 11.6 Å². The van der Waals surface area contributed by atoms with E-state index >= 15 is 0 Å². The van der Waals surface area contributed by atoms with Gasteiger partial charge in [0.1, 0.15) is 6.04 Å². The van der Waals surface area contributed by atoms with Crippen molar-refractivity contribution in [1.82, 2.24) is 15.5 Å². The first-order valence-corrected chi connectivity index (χ1v) is 12.3. The van der Waals surface area contributed by atoms with E-state index in [2.05, 4.69) is 15.5 Å². The molecule has 1 aliphatic rings. The summed E-state index contributed by atoms with van der Waals surface area (Å²) in [4.78, 5) is 38.0. The molecule has 10 heteroatoms. The molecule has 2 amide bonds. The summed E-state index contributed by atoms with van der Waals surface area (Å²) in [5, 5.41) is 18.6. The zero-order chi connectivity index (χ0) is 24.0. The molecule has 2 N–H and O–H groups in total. The van der Waals surface area contributed by atoms with Crippen molar-refractivity contribution in [1.29, 1.82) is 0 Å². The number of hydrogen-bond donors (Lipinski definition) is 2. The van der Waals surface area contributed by atoms with Gasteiger partial charge >= 0.3 is 5.00 Å². The largest absolute Gasteiger partial charge is 0.354 e. The molecule has 0 aliphatic carbocycles. The van der Waals surface area contributed by atoms with Gasteiger partial charge in [-0.3, -0.25) is 24.6 Å². The lowest BCUT2D eigenvalue weighted by Gasteiger charge is -2.32. The highest BCUT2D eigenvalue weighted by Crippen LogP contribution is 2.23. The summed E-state index contributed by atoms with van der Waals surface area (Å²) in [5.74, 6) is -0.447. The van der Waals surface area contributed by atoms with Crippen LogP contribution in [-0.4, -0.2) is 47.3 Å². The van der Waals surface area contributed by atoms with Crippen LogP contribution < -0.4 is 10.6 Å². The van der Waals surface area contributed by atoms with Crippen LogP contribution in [-0.2, 0) is 11.3 Å². The molecule has 178 valence electrons. The van der Waals surface area contributed by atoms with Gasteiger partial charge < -0.3 is 10.6 Å². The van der Waals surface area contributed by atoms with Crippen LogP contribution in [0.4, 0.5) is 5.00 Å². The van der Waals surface area contributed by atoms with Crippen molar-refractivity contribution in [2.24, 2.45) is 11.8 Å². The minimum Gasteiger partial charge on any atom is -0.354 e. The number of rotatable bonds is 9. The van der Waals surface area contributed by atoms with Crippen molar-refractivity contribution >= 4 is 39.8 Å². The zero-order valence-corrected chi connectivity index (χ0v) is 20.3. The lowest BCUT2D eigenvalue weighted by atomic mass is 9.95. The maximum Gasteiger partial charge on any atom is 0.324 e. The van der Waals surface area contributed by atoms with Gasteiger partial charge in [-0.25, -0.2) is 0 Å². The summed E-state index contributed by atoms with van der Waals surface area (Å²) >= 11 is 6.84. The van der Waals surface area contributed by atoms with E-state index < -0.39 is 16.9 Å². The molecule has 33 heavy (non-hydrogen) atoms. The van der Waals surface area contributed by atoms with Crippen LogP contribution in [0.5, 0.6) is 0 Å². The number of carbonyl (C=O) groups excluding carboxylic acids is 2. The molecule has 0 radical (unpaired) electrons. The van der Waals surface area contributed by atoms with Gasteiger partial charge in [-0.15, -0.1) is 0 Å². The normalized spacial score (nSPS) is 15.9. The average Bonchev–Trinajstić information content (AvgIpc) is 3.29. The van der Waals surface area contributed by atoms with E-state index in [-0.39, 0.29) is 22.4 Å². The van der Waals surface area contributed by atoms with Gasteiger partial charge in [0.05, 0.1) is 10.5 Å². The monoisotopic (exact) mass is 492 g/mol. The van der Waals surface area contributed by atoms with Crippen LogP contribution in [0.3, 0.4) is 0 Å². The topological polar surface area (TPSA) is 105 Å². The molecule has 1 fully saturated rings. The number of likely N-dealkylation sites (tertiary alicyclic amines) is 1. The van der Waals surface area contributed by atoms with Crippen molar-refractivity contribution < 1.29 is 14.5 Å². The van der Waals surface area contributed by atoms with Crippen molar-refractivity contribution in [2.75, 3.05) is 19.6 Å². The summed E-state index contributed by atoms with van der Waals surface area (Å²) in [6.07, 6.45) is 1.98. The Labute approximate surface area is 202 Å². The molecule has 0 bridgehead atoms. The SMILES string of the molecule is CC(C)C(NC(=O)c1csc([N+](=O)[O-])c1)C(=O)NCC1CCN(Cc2ccc(Cl)cc2)CC1. The van der Waals surface area contributed by atoms with Crippen molar-refractivity contribution in [2.45, 2.75) is 39.3 Å². The number of carbonyl (C=O) groups is 2. The number of thiophene rings is 1. The van der Waals surface area contributed by atoms with Gasteiger partial charge in [-0.2, -0.15) is 0 Å². The quantitative estimate of drug-likeness (QED) is 0.405. The molecule has 8 nitrogen and oxygen atoms in total. The Balaban J connectivity index is 1.45. The van der Waals surface area contributed by atoms with E-state index in [1.165, 1.54) is 17.0 Å². The van der Waals surface area contributed by atoms with Gasteiger partial charge in [0.2, 0.25) is 5.91 Å². The summed E-state index contributed by atoms with van der Waals surface area (Å²) in [5.41, 5.74) is 1.43. The predicted molar refractivity (Wildman–Crippen MR) is 130 cm³/mol. The first-order valence-electron chi connectivity index (χ1n) is 11.0. The molecular weight excluding hydrogens is 464 g/mol. The maximum atomic E-state index is 12.8. The Morgan fingerprint density at radius 3 is 2.48 bits per heavy atom. The fourth-order valence-electron chi connectivity index (χ4n) is 3.85. The fraction of sp³-hybridized carbons (Fsp3) is 0.478.